The van der Waals surface area contributed by atoms with E-state index in [1.807, 2.05) is 13.1 Å². The van der Waals surface area contributed by atoms with Crippen LogP contribution in [-0.4, -0.2) is 14.8 Å². The van der Waals surface area contributed by atoms with Crippen molar-refractivity contribution in [1.29, 1.82) is 0 Å². The summed E-state index contributed by atoms with van der Waals surface area (Å²) in [5.41, 5.74) is 10.1. The van der Waals surface area contributed by atoms with Crippen molar-refractivity contribution < 1.29 is 0 Å². The van der Waals surface area contributed by atoms with Gasteiger partial charge in [-0.25, -0.2) is 0 Å². The fourth-order valence-electron chi connectivity index (χ4n) is 2.06. The topological polar surface area (TPSA) is 59.6 Å². The number of aryl methyl sites for hydroxylation is 2. The number of nitrogens with zero attached hydrogens (tertiary/aromatic N) is 2. The van der Waals surface area contributed by atoms with Crippen LogP contribution in [0, 0.1) is 6.92 Å². The Morgan fingerprint density at radius 1 is 1.29 bits per heavy atom. The molecule has 0 spiro atoms. The third kappa shape index (κ3) is 1.49. The predicted molar refractivity (Wildman–Crippen MR) is 69.7 cm³/mol. The molecule has 2 heterocycles. The predicted octanol–water partition coefficient (Wildman–Crippen LogP) is 2.46. The van der Waals surface area contributed by atoms with Gasteiger partial charge in [0, 0.05) is 24.0 Å². The van der Waals surface area contributed by atoms with Gasteiger partial charge in [0.15, 0.2) is 0 Å². The molecule has 0 radical (unpaired) electrons. The summed E-state index contributed by atoms with van der Waals surface area (Å²) in [7, 11) is 1.84. The first-order valence-electron chi connectivity index (χ1n) is 5.53. The van der Waals surface area contributed by atoms with Gasteiger partial charge in [-0.05, 0) is 18.6 Å². The number of anilines is 1. The normalized spacial score (nSPS) is 11.2. The summed E-state index contributed by atoms with van der Waals surface area (Å²) in [5, 5.41) is 5.56. The smallest absolute Gasteiger partial charge is 0.122 e. The van der Waals surface area contributed by atoms with Crippen LogP contribution in [0.25, 0.3) is 22.3 Å². The lowest BCUT2D eigenvalue weighted by molar-refractivity contribution is 0.781. The molecule has 4 heteroatoms. The maximum Gasteiger partial charge on any atom is 0.122 e. The lowest BCUT2D eigenvalue weighted by atomic mass is 10.2. The number of nitrogens with one attached hydrogen (secondary N) is 1. The van der Waals surface area contributed by atoms with E-state index in [1.54, 1.807) is 4.68 Å². The van der Waals surface area contributed by atoms with Crippen LogP contribution in [0.2, 0.25) is 0 Å². The van der Waals surface area contributed by atoms with E-state index in [1.165, 1.54) is 10.9 Å². The summed E-state index contributed by atoms with van der Waals surface area (Å²) in [6.45, 7) is 2.09. The van der Waals surface area contributed by atoms with Crippen molar-refractivity contribution in [2.24, 2.45) is 7.05 Å². The van der Waals surface area contributed by atoms with Crippen LogP contribution in [0.5, 0.6) is 0 Å². The largest absolute Gasteiger partial charge is 0.384 e. The molecule has 0 aliphatic rings. The summed E-state index contributed by atoms with van der Waals surface area (Å²) in [4.78, 5) is 3.39. The van der Waals surface area contributed by atoms with E-state index in [0.717, 1.165) is 16.9 Å². The van der Waals surface area contributed by atoms with Gasteiger partial charge in [0.2, 0.25) is 0 Å². The van der Waals surface area contributed by atoms with Crippen LogP contribution in [0.3, 0.4) is 0 Å². The molecule has 0 aliphatic heterocycles. The number of para-hydroxylation sites is 1. The number of nitrogen functional groups attached to an aromatic ring is 1. The third-order valence-electron chi connectivity index (χ3n) is 3.06. The van der Waals surface area contributed by atoms with Gasteiger partial charge in [-0.3, -0.25) is 4.68 Å². The standard InChI is InChI=1S/C13H14N4/c1-8-4-3-5-9-6-10(15-13(8)9)11-7-12(14)17(2)16-11/h3-7,15H,14H2,1-2H3. The van der Waals surface area contributed by atoms with Crippen molar-refractivity contribution in [2.75, 3.05) is 5.73 Å². The maximum atomic E-state index is 5.79. The molecule has 0 amide bonds. The molecule has 3 N–H and O–H groups in total. The molecule has 4 nitrogen and oxygen atoms in total. The van der Waals surface area contributed by atoms with E-state index in [0.29, 0.717) is 5.82 Å². The molecule has 3 aromatic rings. The van der Waals surface area contributed by atoms with Gasteiger partial charge in [-0.15, -0.1) is 0 Å². The summed E-state index contributed by atoms with van der Waals surface area (Å²) in [6.07, 6.45) is 0. The van der Waals surface area contributed by atoms with Crippen LogP contribution in [0.4, 0.5) is 5.82 Å². The van der Waals surface area contributed by atoms with Crippen LogP contribution in [0.15, 0.2) is 30.3 Å². The van der Waals surface area contributed by atoms with Gasteiger partial charge in [0.1, 0.15) is 11.5 Å². The highest BCUT2D eigenvalue weighted by Gasteiger charge is 2.08. The number of rotatable bonds is 1. The van der Waals surface area contributed by atoms with Crippen molar-refractivity contribution in [3.8, 4) is 11.4 Å². The zero-order valence-electron chi connectivity index (χ0n) is 9.86. The van der Waals surface area contributed by atoms with E-state index in [-0.39, 0.29) is 0 Å². The van der Waals surface area contributed by atoms with Gasteiger partial charge in [-0.2, -0.15) is 5.10 Å². The lowest BCUT2D eigenvalue weighted by Crippen LogP contribution is -1.96. The van der Waals surface area contributed by atoms with E-state index in [4.69, 9.17) is 5.73 Å². The molecular formula is C13H14N4. The molecule has 0 atom stereocenters. The number of H-pyrrole nitrogens is 1. The average Bonchev–Trinajstić information content (AvgIpc) is 2.85. The molecule has 1 aromatic carbocycles. The first-order chi connectivity index (χ1) is 8.15. The Morgan fingerprint density at radius 2 is 2.12 bits per heavy atom. The van der Waals surface area contributed by atoms with Crippen LogP contribution < -0.4 is 5.73 Å². The molecular weight excluding hydrogens is 212 g/mol. The molecule has 0 saturated heterocycles. The highest BCUT2D eigenvalue weighted by atomic mass is 15.3. The number of hydrogen-bond acceptors (Lipinski definition) is 2. The van der Waals surface area contributed by atoms with Gasteiger partial charge in [-0.1, -0.05) is 18.2 Å². The average molecular weight is 226 g/mol. The second-order valence-electron chi connectivity index (χ2n) is 4.30. The number of aromatic nitrogens is 3. The number of aromatic amines is 1. The van der Waals surface area contributed by atoms with Crippen LogP contribution >= 0.6 is 0 Å². The number of nitrogens with two attached hydrogens (primary N) is 1. The minimum atomic E-state index is 0.662. The number of benzene rings is 1. The van der Waals surface area contributed by atoms with E-state index in [2.05, 4.69) is 41.3 Å². The minimum Gasteiger partial charge on any atom is -0.384 e. The monoisotopic (exact) mass is 226 g/mol. The van der Waals surface area contributed by atoms with E-state index >= 15 is 0 Å². The second-order valence-corrected chi connectivity index (χ2v) is 4.30. The van der Waals surface area contributed by atoms with Crippen molar-refractivity contribution in [3.63, 3.8) is 0 Å². The summed E-state index contributed by atoms with van der Waals surface area (Å²) < 4.78 is 1.67. The Kier molecular flexibility index (Phi) is 1.98. The zero-order chi connectivity index (χ0) is 12.0. The second kappa shape index (κ2) is 3.38. The summed E-state index contributed by atoms with van der Waals surface area (Å²) in [5.74, 6) is 0.662. The van der Waals surface area contributed by atoms with Crippen molar-refractivity contribution >= 4 is 16.7 Å². The first-order valence-corrected chi connectivity index (χ1v) is 5.53. The minimum absolute atomic E-state index is 0.662. The first kappa shape index (κ1) is 9.96. The molecule has 0 aliphatic carbocycles. The summed E-state index contributed by atoms with van der Waals surface area (Å²) >= 11 is 0. The Morgan fingerprint density at radius 3 is 2.76 bits per heavy atom. The van der Waals surface area contributed by atoms with Crippen LogP contribution in [-0.2, 0) is 7.05 Å². The quantitative estimate of drug-likeness (QED) is 0.669. The molecule has 0 bridgehead atoms. The van der Waals surface area contributed by atoms with Gasteiger partial charge in [0.05, 0.1) is 5.69 Å². The van der Waals surface area contributed by atoms with E-state index in [9.17, 15) is 0 Å². The van der Waals surface area contributed by atoms with Gasteiger partial charge >= 0.3 is 0 Å². The molecule has 3 rings (SSSR count). The molecule has 0 saturated carbocycles. The van der Waals surface area contributed by atoms with Gasteiger partial charge < -0.3 is 10.7 Å². The molecule has 17 heavy (non-hydrogen) atoms. The lowest BCUT2D eigenvalue weighted by Gasteiger charge is -1.93. The number of hydrogen-bond donors (Lipinski definition) is 2. The maximum absolute atomic E-state index is 5.79. The molecule has 2 aromatic heterocycles. The third-order valence-corrected chi connectivity index (χ3v) is 3.06. The molecule has 86 valence electrons. The Balaban J connectivity index is 2.21. The SMILES string of the molecule is Cc1cccc2cc(-c3cc(N)n(C)n3)[nH]c12. The van der Waals surface area contributed by atoms with E-state index < -0.39 is 0 Å². The fraction of sp³-hybridized carbons (Fsp3) is 0.154. The van der Waals surface area contributed by atoms with Crippen molar-refractivity contribution in [2.45, 2.75) is 6.92 Å². The Hall–Kier alpha value is -2.23. The molecule has 0 fully saturated rings. The number of fused-ring (bicyclic) bond motifs is 1. The Bertz CT molecular complexity index is 671. The highest BCUT2D eigenvalue weighted by Crippen LogP contribution is 2.25. The molecule has 0 unspecified atom stereocenters. The highest BCUT2D eigenvalue weighted by molar-refractivity contribution is 5.87. The van der Waals surface area contributed by atoms with Crippen molar-refractivity contribution in [3.05, 3.63) is 35.9 Å². The van der Waals surface area contributed by atoms with Crippen molar-refractivity contribution in [1.82, 2.24) is 14.8 Å². The Labute approximate surface area is 99.1 Å². The zero-order valence-corrected chi connectivity index (χ0v) is 9.86. The van der Waals surface area contributed by atoms with Crippen LogP contribution in [0.1, 0.15) is 5.56 Å². The summed E-state index contributed by atoms with van der Waals surface area (Å²) in [6, 6.07) is 10.2. The fourth-order valence-corrected chi connectivity index (χ4v) is 2.06. The van der Waals surface area contributed by atoms with Gasteiger partial charge in [0.25, 0.3) is 0 Å².